The maximum absolute atomic E-state index is 11.9. The first kappa shape index (κ1) is 16.9. The maximum atomic E-state index is 11.9. The number of ether oxygens (including phenoxy) is 1. The molecule has 0 saturated carbocycles. The first-order valence-corrected chi connectivity index (χ1v) is 7.06. The lowest BCUT2D eigenvalue weighted by Gasteiger charge is -2.22. The van der Waals surface area contributed by atoms with Gasteiger partial charge in [-0.05, 0) is 18.3 Å². The van der Waals surface area contributed by atoms with E-state index in [9.17, 15) is 9.59 Å². The fourth-order valence-corrected chi connectivity index (χ4v) is 2.32. The molecule has 6 heteroatoms. The van der Waals surface area contributed by atoms with E-state index in [-0.39, 0.29) is 24.0 Å². The van der Waals surface area contributed by atoms with Gasteiger partial charge in [0.05, 0.1) is 18.7 Å². The number of nitrogens with two attached hydrogens (primary N) is 1. The SMILES string of the molecule is CO[C@H]1C[C@@H](C(N)=O)N(CC(=O)NCCC(C)(C)C)C1. The van der Waals surface area contributed by atoms with E-state index in [4.69, 9.17) is 10.5 Å². The molecule has 0 aliphatic carbocycles. The van der Waals surface area contributed by atoms with Crippen molar-refractivity contribution < 1.29 is 14.3 Å². The maximum Gasteiger partial charge on any atom is 0.234 e. The Morgan fingerprint density at radius 3 is 2.55 bits per heavy atom. The summed E-state index contributed by atoms with van der Waals surface area (Å²) in [6.07, 6.45) is 1.44. The largest absolute Gasteiger partial charge is 0.380 e. The summed E-state index contributed by atoms with van der Waals surface area (Å²) >= 11 is 0. The second-order valence-corrected chi connectivity index (χ2v) is 6.60. The third-order valence-corrected chi connectivity index (χ3v) is 3.57. The molecular formula is C14H27N3O3. The summed E-state index contributed by atoms with van der Waals surface area (Å²) in [5.41, 5.74) is 5.56. The fraction of sp³-hybridized carbons (Fsp3) is 0.857. The summed E-state index contributed by atoms with van der Waals surface area (Å²) in [6, 6.07) is -0.409. The average molecular weight is 285 g/mol. The molecule has 0 bridgehead atoms. The molecule has 1 heterocycles. The van der Waals surface area contributed by atoms with Crippen molar-refractivity contribution in [2.45, 2.75) is 45.8 Å². The number of nitrogens with one attached hydrogen (secondary N) is 1. The van der Waals surface area contributed by atoms with E-state index in [1.165, 1.54) is 0 Å². The monoisotopic (exact) mass is 285 g/mol. The molecule has 20 heavy (non-hydrogen) atoms. The van der Waals surface area contributed by atoms with Gasteiger partial charge in [0.15, 0.2) is 0 Å². The highest BCUT2D eigenvalue weighted by atomic mass is 16.5. The van der Waals surface area contributed by atoms with Gasteiger partial charge in [0.1, 0.15) is 0 Å². The summed E-state index contributed by atoms with van der Waals surface area (Å²) < 4.78 is 5.25. The van der Waals surface area contributed by atoms with Crippen LogP contribution in [0.3, 0.4) is 0 Å². The number of nitrogens with zero attached hydrogens (tertiary/aromatic N) is 1. The molecule has 0 aromatic carbocycles. The summed E-state index contributed by atoms with van der Waals surface area (Å²) in [5.74, 6) is -0.468. The average Bonchev–Trinajstić information content (AvgIpc) is 2.70. The van der Waals surface area contributed by atoms with Crippen LogP contribution >= 0.6 is 0 Å². The molecule has 6 nitrogen and oxygen atoms in total. The third kappa shape index (κ3) is 5.46. The minimum Gasteiger partial charge on any atom is -0.380 e. The zero-order chi connectivity index (χ0) is 15.3. The number of hydrogen-bond donors (Lipinski definition) is 2. The van der Waals surface area contributed by atoms with Gasteiger partial charge < -0.3 is 15.8 Å². The minimum absolute atomic E-state index is 0.0325. The van der Waals surface area contributed by atoms with Crippen molar-refractivity contribution in [3.63, 3.8) is 0 Å². The lowest BCUT2D eigenvalue weighted by atomic mass is 9.92. The number of primary amides is 1. The molecule has 0 unspecified atom stereocenters. The number of amides is 2. The van der Waals surface area contributed by atoms with Gasteiger partial charge in [-0.1, -0.05) is 20.8 Å². The van der Waals surface area contributed by atoms with Crippen LogP contribution in [0, 0.1) is 5.41 Å². The fourth-order valence-electron chi connectivity index (χ4n) is 2.32. The van der Waals surface area contributed by atoms with E-state index < -0.39 is 11.9 Å². The predicted molar refractivity (Wildman–Crippen MR) is 77.1 cm³/mol. The van der Waals surface area contributed by atoms with Gasteiger partial charge in [-0.25, -0.2) is 0 Å². The summed E-state index contributed by atoms with van der Waals surface area (Å²) in [4.78, 5) is 25.1. The number of hydrogen-bond acceptors (Lipinski definition) is 4. The Morgan fingerprint density at radius 2 is 2.05 bits per heavy atom. The lowest BCUT2D eigenvalue weighted by molar-refractivity contribution is -0.125. The molecule has 1 aliphatic heterocycles. The van der Waals surface area contributed by atoms with Crippen LogP contribution in [-0.4, -0.2) is 55.6 Å². The van der Waals surface area contributed by atoms with Gasteiger partial charge in [0, 0.05) is 20.2 Å². The van der Waals surface area contributed by atoms with E-state index in [0.29, 0.717) is 19.5 Å². The van der Waals surface area contributed by atoms with Crippen molar-refractivity contribution in [3.05, 3.63) is 0 Å². The van der Waals surface area contributed by atoms with Gasteiger partial charge in [0.25, 0.3) is 0 Å². The molecule has 0 spiro atoms. The van der Waals surface area contributed by atoms with Gasteiger partial charge in [-0.15, -0.1) is 0 Å². The van der Waals surface area contributed by atoms with E-state index in [2.05, 4.69) is 26.1 Å². The van der Waals surface area contributed by atoms with Crippen molar-refractivity contribution in [2.75, 3.05) is 26.7 Å². The number of methoxy groups -OCH3 is 1. The molecule has 0 aromatic rings. The zero-order valence-electron chi connectivity index (χ0n) is 12.9. The van der Waals surface area contributed by atoms with Crippen LogP contribution < -0.4 is 11.1 Å². The van der Waals surface area contributed by atoms with Gasteiger partial charge in [0.2, 0.25) is 11.8 Å². The first-order chi connectivity index (χ1) is 9.23. The van der Waals surface area contributed by atoms with Crippen molar-refractivity contribution in [2.24, 2.45) is 11.1 Å². The molecule has 2 amide bonds. The highest BCUT2D eigenvalue weighted by molar-refractivity contribution is 5.82. The highest BCUT2D eigenvalue weighted by Crippen LogP contribution is 2.19. The Bertz CT molecular complexity index is 352. The third-order valence-electron chi connectivity index (χ3n) is 3.57. The normalized spacial score (nSPS) is 23.8. The number of carbonyl (C=O) groups excluding carboxylic acids is 2. The van der Waals surface area contributed by atoms with Crippen LogP contribution in [0.25, 0.3) is 0 Å². The smallest absolute Gasteiger partial charge is 0.234 e. The summed E-state index contributed by atoms with van der Waals surface area (Å²) in [6.45, 7) is 7.79. The summed E-state index contributed by atoms with van der Waals surface area (Å²) in [7, 11) is 1.61. The van der Waals surface area contributed by atoms with Gasteiger partial charge in [-0.3, -0.25) is 14.5 Å². The topological polar surface area (TPSA) is 84.7 Å². The Balaban J connectivity index is 2.41. The Labute approximate surface area is 121 Å². The van der Waals surface area contributed by atoms with E-state index in [0.717, 1.165) is 6.42 Å². The van der Waals surface area contributed by atoms with E-state index in [1.54, 1.807) is 12.0 Å². The zero-order valence-corrected chi connectivity index (χ0v) is 12.9. The van der Waals surface area contributed by atoms with Crippen molar-refractivity contribution in [1.82, 2.24) is 10.2 Å². The molecule has 1 aliphatic rings. The molecule has 1 saturated heterocycles. The van der Waals surface area contributed by atoms with Crippen LogP contribution in [0.1, 0.15) is 33.6 Å². The van der Waals surface area contributed by atoms with E-state index in [1.807, 2.05) is 0 Å². The molecule has 0 radical (unpaired) electrons. The Hall–Kier alpha value is -1.14. The van der Waals surface area contributed by atoms with Crippen molar-refractivity contribution in [1.29, 1.82) is 0 Å². The first-order valence-electron chi connectivity index (χ1n) is 7.06. The highest BCUT2D eigenvalue weighted by Gasteiger charge is 2.36. The summed E-state index contributed by atoms with van der Waals surface area (Å²) in [5, 5.41) is 2.88. The van der Waals surface area contributed by atoms with Crippen LogP contribution in [0.15, 0.2) is 0 Å². The van der Waals surface area contributed by atoms with Crippen LogP contribution in [0.4, 0.5) is 0 Å². The van der Waals surface area contributed by atoms with Crippen LogP contribution in [0.5, 0.6) is 0 Å². The molecule has 0 aromatic heterocycles. The van der Waals surface area contributed by atoms with Crippen molar-refractivity contribution >= 4 is 11.8 Å². The van der Waals surface area contributed by atoms with E-state index >= 15 is 0 Å². The standard InChI is InChI=1S/C14H27N3O3/c1-14(2,3)5-6-16-12(18)9-17-8-10(20-4)7-11(17)13(15)19/h10-11H,5-9H2,1-4H3,(H2,15,19)(H,16,18)/t10-,11-/m0/s1. The molecule has 1 fully saturated rings. The molecular weight excluding hydrogens is 258 g/mol. The number of likely N-dealkylation sites (tertiary alicyclic amines) is 1. The Morgan fingerprint density at radius 1 is 1.40 bits per heavy atom. The second kappa shape index (κ2) is 7.04. The van der Waals surface area contributed by atoms with Crippen molar-refractivity contribution in [3.8, 4) is 0 Å². The molecule has 1 rings (SSSR count). The quantitative estimate of drug-likeness (QED) is 0.725. The number of carbonyl (C=O) groups is 2. The molecule has 3 N–H and O–H groups in total. The minimum atomic E-state index is -0.409. The lowest BCUT2D eigenvalue weighted by Crippen LogP contribution is -2.45. The predicted octanol–water partition coefficient (Wildman–Crippen LogP) is 0.113. The second-order valence-electron chi connectivity index (χ2n) is 6.60. The van der Waals surface area contributed by atoms with Gasteiger partial charge in [-0.2, -0.15) is 0 Å². The van der Waals surface area contributed by atoms with Gasteiger partial charge >= 0.3 is 0 Å². The Kier molecular flexibility index (Phi) is 5.95. The van der Waals surface area contributed by atoms with Crippen LogP contribution in [0.2, 0.25) is 0 Å². The molecule has 2 atom stereocenters. The van der Waals surface area contributed by atoms with Crippen LogP contribution in [-0.2, 0) is 14.3 Å². The molecule has 116 valence electrons. The number of rotatable bonds is 6.